The van der Waals surface area contributed by atoms with E-state index in [0.29, 0.717) is 5.56 Å². The molecule has 0 atom stereocenters. The van der Waals surface area contributed by atoms with Crippen molar-refractivity contribution in [2.75, 3.05) is 0 Å². The highest BCUT2D eigenvalue weighted by Crippen LogP contribution is 2.40. The lowest BCUT2D eigenvalue weighted by molar-refractivity contribution is -0.143. The van der Waals surface area contributed by atoms with E-state index in [1.165, 1.54) is 26.0 Å². The van der Waals surface area contributed by atoms with Gasteiger partial charge in [-0.1, -0.05) is 12.1 Å². The minimum Gasteiger partial charge on any atom is -0.461 e. The van der Waals surface area contributed by atoms with E-state index in [4.69, 9.17) is 19.3 Å². The molecule has 0 aliphatic heterocycles. The van der Waals surface area contributed by atoms with Gasteiger partial charge in [-0.3, -0.25) is 19.4 Å². The van der Waals surface area contributed by atoms with Crippen molar-refractivity contribution in [3.05, 3.63) is 29.3 Å². The lowest BCUT2D eigenvalue weighted by atomic mass is 10.1. The Kier molecular flexibility index (Phi) is 5.90. The van der Waals surface area contributed by atoms with Crippen molar-refractivity contribution in [1.29, 1.82) is 0 Å². The van der Waals surface area contributed by atoms with Crippen LogP contribution in [-0.2, 0) is 36.8 Å². The summed E-state index contributed by atoms with van der Waals surface area (Å²) in [5.41, 5.74) is 0.634. The summed E-state index contributed by atoms with van der Waals surface area (Å²) in [6, 6.07) is 4.35. The standard InChI is InChI=1S/C12H15O8P/c1-8(13)18-6-10-4-3-5-12(20-21(15,16)17)11(10)7-19-9(2)14/h3-5H,6-7H2,1-2H3,(H2,15,16,17). The second kappa shape index (κ2) is 7.21. The third-order valence-electron chi connectivity index (χ3n) is 2.30. The SMILES string of the molecule is CC(=O)OCc1cccc(OP(=O)(O)O)c1COC(C)=O. The fourth-order valence-corrected chi connectivity index (χ4v) is 1.90. The molecular weight excluding hydrogens is 303 g/mol. The van der Waals surface area contributed by atoms with Gasteiger partial charge in [0.2, 0.25) is 0 Å². The molecule has 1 aromatic rings. The van der Waals surface area contributed by atoms with Crippen molar-refractivity contribution in [2.45, 2.75) is 27.1 Å². The molecule has 0 radical (unpaired) electrons. The van der Waals surface area contributed by atoms with Gasteiger partial charge in [0.1, 0.15) is 19.0 Å². The van der Waals surface area contributed by atoms with Gasteiger partial charge in [-0.15, -0.1) is 0 Å². The first-order chi connectivity index (χ1) is 9.69. The average Bonchev–Trinajstić information content (AvgIpc) is 2.32. The molecule has 0 aliphatic rings. The molecule has 0 saturated carbocycles. The molecule has 0 aliphatic carbocycles. The largest absolute Gasteiger partial charge is 0.524 e. The number of hydrogen-bond donors (Lipinski definition) is 2. The Labute approximate surface area is 120 Å². The quantitative estimate of drug-likeness (QED) is 0.594. The summed E-state index contributed by atoms with van der Waals surface area (Å²) in [7, 11) is -4.77. The fourth-order valence-electron chi connectivity index (χ4n) is 1.48. The number of carbonyl (C=O) groups is 2. The van der Waals surface area contributed by atoms with Gasteiger partial charge in [-0.25, -0.2) is 4.57 Å². The molecule has 116 valence electrons. The van der Waals surface area contributed by atoms with Gasteiger partial charge in [0, 0.05) is 19.4 Å². The normalized spacial score (nSPS) is 10.9. The smallest absolute Gasteiger partial charge is 0.461 e. The van der Waals surface area contributed by atoms with Crippen LogP contribution in [0.5, 0.6) is 5.75 Å². The highest BCUT2D eigenvalue weighted by atomic mass is 31.2. The number of carbonyl (C=O) groups excluding carboxylic acids is 2. The zero-order valence-corrected chi connectivity index (χ0v) is 12.3. The van der Waals surface area contributed by atoms with Crippen molar-refractivity contribution in [3.63, 3.8) is 0 Å². The summed E-state index contributed by atoms with van der Waals surface area (Å²) in [5.74, 6) is -1.23. The number of esters is 2. The van der Waals surface area contributed by atoms with Crippen LogP contribution in [0.15, 0.2) is 18.2 Å². The number of phosphoric ester groups is 1. The second-order valence-electron chi connectivity index (χ2n) is 4.04. The second-order valence-corrected chi connectivity index (χ2v) is 5.20. The summed E-state index contributed by atoms with van der Waals surface area (Å²) in [4.78, 5) is 39.5. The molecule has 0 bridgehead atoms. The van der Waals surface area contributed by atoms with Crippen LogP contribution in [-0.4, -0.2) is 21.7 Å². The molecule has 0 unspecified atom stereocenters. The maximum absolute atomic E-state index is 10.9. The summed E-state index contributed by atoms with van der Waals surface area (Å²) in [6.45, 7) is 2.02. The van der Waals surface area contributed by atoms with Gasteiger partial charge in [0.05, 0.1) is 0 Å². The van der Waals surface area contributed by atoms with Crippen LogP contribution in [0.25, 0.3) is 0 Å². The molecule has 0 fully saturated rings. The van der Waals surface area contributed by atoms with Crippen LogP contribution in [0, 0.1) is 0 Å². The lowest BCUT2D eigenvalue weighted by Gasteiger charge is -2.15. The average molecular weight is 318 g/mol. The summed E-state index contributed by atoms with van der Waals surface area (Å²) in [6.07, 6.45) is 0. The van der Waals surface area contributed by atoms with Gasteiger partial charge in [0.15, 0.2) is 0 Å². The fraction of sp³-hybridized carbons (Fsp3) is 0.333. The van der Waals surface area contributed by atoms with E-state index in [1.807, 2.05) is 0 Å². The molecule has 21 heavy (non-hydrogen) atoms. The van der Waals surface area contributed by atoms with Crippen LogP contribution < -0.4 is 4.52 Å². The molecule has 8 nitrogen and oxygen atoms in total. The van der Waals surface area contributed by atoms with E-state index in [0.717, 1.165) is 0 Å². The zero-order chi connectivity index (χ0) is 16.0. The Morgan fingerprint density at radius 2 is 1.67 bits per heavy atom. The summed E-state index contributed by atoms with van der Waals surface area (Å²) < 4.78 is 25.1. The van der Waals surface area contributed by atoms with Gasteiger partial charge in [0.25, 0.3) is 0 Å². The molecule has 2 N–H and O–H groups in total. The number of benzene rings is 1. The first-order valence-corrected chi connectivity index (χ1v) is 7.34. The Morgan fingerprint density at radius 3 is 2.19 bits per heavy atom. The van der Waals surface area contributed by atoms with Crippen LogP contribution in [0.1, 0.15) is 25.0 Å². The number of phosphoric acid groups is 1. The highest BCUT2D eigenvalue weighted by molar-refractivity contribution is 7.46. The van der Waals surface area contributed by atoms with Crippen LogP contribution in [0.2, 0.25) is 0 Å². The molecule has 0 saturated heterocycles. The van der Waals surface area contributed by atoms with Crippen LogP contribution >= 0.6 is 7.82 Å². The Hall–Kier alpha value is -1.89. The Balaban J connectivity index is 3.10. The van der Waals surface area contributed by atoms with Gasteiger partial charge in [-0.05, 0) is 11.6 Å². The molecule has 0 aromatic heterocycles. The van der Waals surface area contributed by atoms with Gasteiger partial charge < -0.3 is 14.0 Å². The van der Waals surface area contributed by atoms with Crippen LogP contribution in [0.3, 0.4) is 0 Å². The van der Waals surface area contributed by atoms with Crippen molar-refractivity contribution < 1.29 is 37.9 Å². The molecule has 1 aromatic carbocycles. The van der Waals surface area contributed by atoms with E-state index in [-0.39, 0.29) is 24.5 Å². The summed E-state index contributed by atoms with van der Waals surface area (Å²) in [5, 5.41) is 0. The topological polar surface area (TPSA) is 119 Å². The van der Waals surface area contributed by atoms with E-state index in [2.05, 4.69) is 4.52 Å². The summed E-state index contributed by atoms with van der Waals surface area (Å²) >= 11 is 0. The maximum Gasteiger partial charge on any atom is 0.524 e. The third-order valence-corrected chi connectivity index (χ3v) is 2.73. The molecule has 0 spiro atoms. The Bertz CT molecular complexity index is 577. The highest BCUT2D eigenvalue weighted by Gasteiger charge is 2.21. The minimum absolute atomic E-state index is 0.135. The number of hydrogen-bond acceptors (Lipinski definition) is 6. The number of rotatable bonds is 6. The zero-order valence-electron chi connectivity index (χ0n) is 11.4. The first-order valence-electron chi connectivity index (χ1n) is 5.81. The van der Waals surface area contributed by atoms with E-state index < -0.39 is 19.8 Å². The van der Waals surface area contributed by atoms with Gasteiger partial charge in [-0.2, -0.15) is 0 Å². The minimum atomic E-state index is -4.77. The van der Waals surface area contributed by atoms with Crippen molar-refractivity contribution in [1.82, 2.24) is 0 Å². The van der Waals surface area contributed by atoms with E-state index >= 15 is 0 Å². The lowest BCUT2D eigenvalue weighted by Crippen LogP contribution is -2.07. The molecule has 1 rings (SSSR count). The van der Waals surface area contributed by atoms with E-state index in [1.54, 1.807) is 6.07 Å². The van der Waals surface area contributed by atoms with Gasteiger partial charge >= 0.3 is 19.8 Å². The number of ether oxygens (including phenoxy) is 2. The monoisotopic (exact) mass is 318 g/mol. The van der Waals surface area contributed by atoms with Crippen molar-refractivity contribution in [3.8, 4) is 5.75 Å². The molecule has 0 amide bonds. The van der Waals surface area contributed by atoms with Crippen molar-refractivity contribution >= 4 is 19.8 Å². The van der Waals surface area contributed by atoms with Crippen molar-refractivity contribution in [2.24, 2.45) is 0 Å². The predicted octanol–water partition coefficient (Wildman–Crippen LogP) is 1.28. The molecule has 9 heteroatoms. The molecular formula is C12H15O8P. The van der Waals surface area contributed by atoms with Crippen LogP contribution in [0.4, 0.5) is 0 Å². The maximum atomic E-state index is 10.9. The predicted molar refractivity (Wildman–Crippen MR) is 70.1 cm³/mol. The first kappa shape index (κ1) is 17.2. The van der Waals surface area contributed by atoms with E-state index in [9.17, 15) is 14.2 Å². The third kappa shape index (κ3) is 6.40. The Morgan fingerprint density at radius 1 is 1.10 bits per heavy atom. The molecule has 0 heterocycles.